The molecule has 2 saturated heterocycles. The van der Waals surface area contributed by atoms with E-state index in [1.165, 1.54) is 29.6 Å². The summed E-state index contributed by atoms with van der Waals surface area (Å²) in [6.07, 6.45) is 1.29. The van der Waals surface area contributed by atoms with E-state index in [4.69, 9.17) is 21.4 Å². The van der Waals surface area contributed by atoms with Crippen LogP contribution in [0.25, 0.3) is 0 Å². The van der Waals surface area contributed by atoms with Gasteiger partial charge in [0.2, 0.25) is 5.91 Å². The molecule has 146 valence electrons. The van der Waals surface area contributed by atoms with Gasteiger partial charge in [-0.05, 0) is 25.1 Å². The van der Waals surface area contributed by atoms with E-state index in [1.54, 1.807) is 4.90 Å². The van der Waals surface area contributed by atoms with E-state index in [1.807, 2.05) is 6.92 Å². The monoisotopic (exact) mass is 433 g/mol. The van der Waals surface area contributed by atoms with Gasteiger partial charge in [-0.2, -0.15) is 0 Å². The smallest absolute Gasteiger partial charge is 0.340 e. The SMILES string of the molecule is C=CCOC(=O)C1SC(=S)S[C@@H]2[C@@H]([C@@H](C)O[Si](C)(C)C(C)(C)C)C(=O)N12. The summed E-state index contributed by atoms with van der Waals surface area (Å²) in [4.78, 5) is 26.7. The first-order chi connectivity index (χ1) is 11.9. The molecule has 9 heteroatoms. The fourth-order valence-corrected chi connectivity index (χ4v) is 7.27. The summed E-state index contributed by atoms with van der Waals surface area (Å²) in [5.74, 6) is -0.806. The molecule has 0 spiro atoms. The van der Waals surface area contributed by atoms with Crippen LogP contribution in [0.3, 0.4) is 0 Å². The number of carbonyl (C=O) groups excluding carboxylic acids is 2. The zero-order chi connectivity index (χ0) is 19.9. The number of thiocarbonyl (C=S) groups is 1. The molecule has 2 fully saturated rings. The molecule has 1 unspecified atom stereocenters. The molecular formula is C17H27NO4S3Si. The number of carbonyl (C=O) groups is 2. The molecule has 0 aromatic carbocycles. The number of esters is 1. The van der Waals surface area contributed by atoms with Gasteiger partial charge in [0.05, 0.1) is 17.4 Å². The first kappa shape index (κ1) is 21.9. The minimum Gasteiger partial charge on any atom is -0.459 e. The fraction of sp³-hybridized carbons (Fsp3) is 0.706. The molecule has 4 atom stereocenters. The van der Waals surface area contributed by atoms with Crippen molar-refractivity contribution < 1.29 is 18.8 Å². The van der Waals surface area contributed by atoms with E-state index in [0.29, 0.717) is 3.53 Å². The maximum Gasteiger partial charge on any atom is 0.340 e. The van der Waals surface area contributed by atoms with Gasteiger partial charge in [0.1, 0.15) is 10.1 Å². The highest BCUT2D eigenvalue weighted by molar-refractivity contribution is 8.48. The Balaban J connectivity index is 2.13. The number of hydrogen-bond acceptors (Lipinski definition) is 7. The van der Waals surface area contributed by atoms with Gasteiger partial charge < -0.3 is 14.1 Å². The van der Waals surface area contributed by atoms with Gasteiger partial charge >= 0.3 is 5.97 Å². The Labute approximate surface area is 170 Å². The summed E-state index contributed by atoms with van der Waals surface area (Å²) >= 11 is 8.02. The zero-order valence-corrected chi connectivity index (χ0v) is 19.6. The third kappa shape index (κ3) is 4.21. The van der Waals surface area contributed by atoms with Crippen molar-refractivity contribution in [3.63, 3.8) is 0 Å². The second kappa shape index (κ2) is 7.95. The van der Waals surface area contributed by atoms with Crippen molar-refractivity contribution in [1.29, 1.82) is 0 Å². The average molecular weight is 434 g/mol. The molecule has 0 aromatic heterocycles. The molecule has 0 aliphatic carbocycles. The van der Waals surface area contributed by atoms with Crippen molar-refractivity contribution >= 4 is 59.5 Å². The topological polar surface area (TPSA) is 55.8 Å². The Bertz CT molecular complexity index is 620. The third-order valence-corrected chi connectivity index (χ3v) is 12.7. The van der Waals surface area contributed by atoms with Gasteiger partial charge in [-0.25, -0.2) is 4.79 Å². The third-order valence-electron chi connectivity index (χ3n) is 5.14. The van der Waals surface area contributed by atoms with Crippen LogP contribution in [0.4, 0.5) is 0 Å². The maximum absolute atomic E-state index is 12.8. The average Bonchev–Trinajstić information content (AvgIpc) is 2.49. The first-order valence-corrected chi connectivity index (χ1v) is 13.6. The van der Waals surface area contributed by atoms with Gasteiger partial charge in [0.15, 0.2) is 13.7 Å². The van der Waals surface area contributed by atoms with Crippen LogP contribution < -0.4 is 0 Å². The summed E-state index contributed by atoms with van der Waals surface area (Å²) in [5.41, 5.74) is 0. The van der Waals surface area contributed by atoms with Gasteiger partial charge in [0, 0.05) is 0 Å². The van der Waals surface area contributed by atoms with Crippen LogP contribution >= 0.6 is 35.7 Å². The Kier molecular flexibility index (Phi) is 6.71. The highest BCUT2D eigenvalue weighted by Crippen LogP contribution is 2.50. The highest BCUT2D eigenvalue weighted by Gasteiger charge is 2.59. The molecule has 0 radical (unpaired) electrons. The molecule has 2 rings (SSSR count). The predicted octanol–water partition coefficient (Wildman–Crippen LogP) is 4.00. The number of nitrogens with zero attached hydrogens (tertiary/aromatic N) is 1. The number of β-lactam (4-membered cyclic amide) rings is 1. The number of amides is 1. The Morgan fingerprint density at radius 1 is 1.42 bits per heavy atom. The number of fused-ring (bicyclic) bond motifs is 1. The minimum atomic E-state index is -1.99. The largest absolute Gasteiger partial charge is 0.459 e. The van der Waals surface area contributed by atoms with Gasteiger partial charge in [-0.1, -0.05) is 69.2 Å². The second-order valence-electron chi connectivity index (χ2n) is 8.00. The summed E-state index contributed by atoms with van der Waals surface area (Å²) in [7, 11) is -1.99. The van der Waals surface area contributed by atoms with E-state index in [2.05, 4.69) is 40.4 Å². The van der Waals surface area contributed by atoms with E-state index >= 15 is 0 Å². The van der Waals surface area contributed by atoms with Crippen LogP contribution in [-0.2, 0) is 18.8 Å². The lowest BCUT2D eigenvalue weighted by Crippen LogP contribution is -2.69. The van der Waals surface area contributed by atoms with Crippen LogP contribution in [-0.4, -0.2) is 52.1 Å². The van der Waals surface area contributed by atoms with Crippen molar-refractivity contribution in [2.24, 2.45) is 5.92 Å². The lowest BCUT2D eigenvalue weighted by molar-refractivity contribution is -0.165. The molecule has 2 aliphatic rings. The standard InChI is InChI=1S/C17H27NO4S3Si/c1-8-9-21-15(20)14-18-12(19)11(13(18)24-16(23)25-14)10(2)22-26(6,7)17(3,4)5/h8,10-11,13-14H,1,9H2,2-7H3/t10-,11+,13-,14?/m1/s1. The predicted molar refractivity (Wildman–Crippen MR) is 115 cm³/mol. The molecular weight excluding hydrogens is 406 g/mol. The zero-order valence-electron chi connectivity index (χ0n) is 16.1. The Morgan fingerprint density at radius 2 is 2.04 bits per heavy atom. The van der Waals surface area contributed by atoms with E-state index in [9.17, 15) is 9.59 Å². The maximum atomic E-state index is 12.8. The van der Waals surface area contributed by atoms with E-state index in [-0.39, 0.29) is 34.9 Å². The number of ether oxygens (including phenoxy) is 1. The van der Waals surface area contributed by atoms with Gasteiger partial charge in [0.25, 0.3) is 0 Å². The second-order valence-corrected chi connectivity index (χ2v) is 16.2. The molecule has 0 bridgehead atoms. The quantitative estimate of drug-likeness (QED) is 0.206. The summed E-state index contributed by atoms with van der Waals surface area (Å²) in [6.45, 7) is 16.5. The summed E-state index contributed by atoms with van der Waals surface area (Å²) in [5, 5.41) is -0.815. The molecule has 0 aromatic rings. The fourth-order valence-electron chi connectivity index (χ4n) is 2.69. The van der Waals surface area contributed by atoms with E-state index < -0.39 is 19.7 Å². The van der Waals surface area contributed by atoms with Crippen molar-refractivity contribution in [2.75, 3.05) is 6.61 Å². The van der Waals surface area contributed by atoms with Crippen LogP contribution in [0, 0.1) is 5.92 Å². The van der Waals surface area contributed by atoms with Crippen molar-refractivity contribution in [3.05, 3.63) is 12.7 Å². The minimum absolute atomic E-state index is 0.0651. The molecule has 26 heavy (non-hydrogen) atoms. The summed E-state index contributed by atoms with van der Waals surface area (Å²) < 4.78 is 12.2. The number of hydrogen-bond donors (Lipinski definition) is 0. The molecule has 5 nitrogen and oxygen atoms in total. The van der Waals surface area contributed by atoms with Crippen molar-refractivity contribution in [3.8, 4) is 0 Å². The molecule has 2 heterocycles. The lowest BCUT2D eigenvalue weighted by Gasteiger charge is -2.54. The van der Waals surface area contributed by atoms with Crippen LogP contribution in [0.15, 0.2) is 12.7 Å². The normalized spacial score (nSPS) is 27.5. The number of rotatable bonds is 6. The molecule has 0 saturated carbocycles. The molecule has 1 amide bonds. The lowest BCUT2D eigenvalue weighted by atomic mass is 9.93. The van der Waals surface area contributed by atoms with Gasteiger partial charge in [-0.15, -0.1) is 0 Å². The van der Waals surface area contributed by atoms with Gasteiger partial charge in [-0.3, -0.25) is 4.79 Å². The van der Waals surface area contributed by atoms with Crippen LogP contribution in [0.5, 0.6) is 0 Å². The van der Waals surface area contributed by atoms with E-state index in [0.717, 1.165) is 0 Å². The highest BCUT2D eigenvalue weighted by atomic mass is 32.2. The Hall–Kier alpha value is -0.353. The first-order valence-electron chi connectivity index (χ1n) is 8.55. The summed E-state index contributed by atoms with van der Waals surface area (Å²) in [6, 6.07) is 0. The molecule has 0 N–H and O–H groups in total. The van der Waals surface area contributed by atoms with Crippen molar-refractivity contribution in [1.82, 2.24) is 4.90 Å². The Morgan fingerprint density at radius 3 is 2.58 bits per heavy atom. The van der Waals surface area contributed by atoms with Crippen LogP contribution in [0.1, 0.15) is 27.7 Å². The van der Waals surface area contributed by atoms with Crippen LogP contribution in [0.2, 0.25) is 18.1 Å². The number of thioether (sulfide) groups is 2. The van der Waals surface area contributed by atoms with Crippen molar-refractivity contribution in [2.45, 2.75) is 62.7 Å². The molecule has 2 aliphatic heterocycles.